The third kappa shape index (κ3) is 6.74. The minimum atomic E-state index is -1.75. The standard InChI is InChI=1S/C5H8N3O3.NO3/c1-10-5(9)3-8-2-4(6)11-7-8;2-1(3)4/h2H,3,6H2,1H3;/q+1;-1. The van der Waals surface area contributed by atoms with E-state index in [-0.39, 0.29) is 12.4 Å². The number of methoxy groups -OCH3 is 1. The number of anilines is 1. The molecule has 0 spiro atoms. The number of aromatic nitrogens is 2. The highest BCUT2D eigenvalue weighted by molar-refractivity contribution is 5.67. The van der Waals surface area contributed by atoms with Crippen molar-refractivity contribution in [3.05, 3.63) is 21.5 Å². The SMILES string of the molecule is COC(=O)C[n+]1cc(N)on1.O=[N+]([O-])[O-]. The molecule has 0 bridgehead atoms. The summed E-state index contributed by atoms with van der Waals surface area (Å²) in [4.78, 5) is 18.9. The number of esters is 1. The molecule has 2 N–H and O–H groups in total. The zero-order valence-electron chi connectivity index (χ0n) is 7.65. The second-order valence-corrected chi connectivity index (χ2v) is 2.10. The number of hydrogen-bond acceptors (Lipinski definition) is 8. The molecule has 10 heteroatoms. The predicted molar refractivity (Wildman–Crippen MR) is 43.5 cm³/mol. The minimum absolute atomic E-state index is 0.0111. The summed E-state index contributed by atoms with van der Waals surface area (Å²) in [5, 5.41) is 18.2. The lowest BCUT2D eigenvalue weighted by atomic mass is 10.6. The summed E-state index contributed by atoms with van der Waals surface area (Å²) in [6, 6.07) is 0. The van der Waals surface area contributed by atoms with Crippen LogP contribution in [0, 0.1) is 15.3 Å². The summed E-state index contributed by atoms with van der Waals surface area (Å²) < 4.78 is 10.1. The number of nitrogens with zero attached hydrogens (tertiary/aromatic N) is 3. The summed E-state index contributed by atoms with van der Waals surface area (Å²) in [7, 11) is 1.30. The molecule has 0 fully saturated rings. The van der Waals surface area contributed by atoms with Crippen molar-refractivity contribution in [3.8, 4) is 0 Å². The van der Waals surface area contributed by atoms with Crippen LogP contribution in [0.2, 0.25) is 0 Å². The highest BCUT2D eigenvalue weighted by Crippen LogP contribution is 1.89. The van der Waals surface area contributed by atoms with E-state index >= 15 is 0 Å². The maximum absolute atomic E-state index is 10.6. The van der Waals surface area contributed by atoms with Gasteiger partial charge < -0.3 is 25.8 Å². The van der Waals surface area contributed by atoms with E-state index in [0.717, 1.165) is 0 Å². The third-order valence-electron chi connectivity index (χ3n) is 1.05. The smallest absolute Gasteiger partial charge is 0.375 e. The van der Waals surface area contributed by atoms with Crippen molar-refractivity contribution in [3.63, 3.8) is 0 Å². The average Bonchev–Trinajstić information content (AvgIpc) is 2.50. The number of rotatable bonds is 2. The van der Waals surface area contributed by atoms with Crippen LogP contribution in [0.1, 0.15) is 0 Å². The van der Waals surface area contributed by atoms with Crippen LogP contribution in [-0.2, 0) is 16.1 Å². The maximum atomic E-state index is 10.6. The lowest BCUT2D eigenvalue weighted by Crippen LogP contribution is -2.39. The topological polar surface area (TPSA) is 148 Å². The molecule has 0 aromatic carbocycles. The average molecular weight is 220 g/mol. The van der Waals surface area contributed by atoms with Gasteiger partial charge in [-0.2, -0.15) is 0 Å². The molecule has 0 amide bonds. The zero-order chi connectivity index (χ0) is 11.8. The molecule has 0 saturated carbocycles. The Balaban J connectivity index is 0.000000423. The van der Waals surface area contributed by atoms with Crippen LogP contribution in [0.15, 0.2) is 10.7 Å². The zero-order valence-corrected chi connectivity index (χ0v) is 7.65. The van der Waals surface area contributed by atoms with Gasteiger partial charge in [-0.15, -0.1) is 0 Å². The van der Waals surface area contributed by atoms with E-state index in [0.29, 0.717) is 0 Å². The molecule has 0 radical (unpaired) electrons. The van der Waals surface area contributed by atoms with Crippen LogP contribution in [0.4, 0.5) is 5.88 Å². The van der Waals surface area contributed by atoms with Crippen LogP contribution in [0.25, 0.3) is 0 Å². The summed E-state index contributed by atoms with van der Waals surface area (Å²) in [6.07, 6.45) is 1.40. The highest BCUT2D eigenvalue weighted by Gasteiger charge is 2.14. The van der Waals surface area contributed by atoms with Crippen molar-refractivity contribution < 1.29 is 23.8 Å². The molecule has 0 unspecified atom stereocenters. The van der Waals surface area contributed by atoms with Crippen LogP contribution in [-0.4, -0.2) is 23.4 Å². The van der Waals surface area contributed by atoms with Gasteiger partial charge in [0.25, 0.3) is 18.6 Å². The number of hydrogen-bond donors (Lipinski definition) is 1. The molecule has 10 nitrogen and oxygen atoms in total. The quantitative estimate of drug-likeness (QED) is 0.273. The fourth-order valence-electron chi connectivity index (χ4n) is 0.565. The molecule has 0 atom stereocenters. The van der Waals surface area contributed by atoms with Crippen molar-refractivity contribution in [2.75, 3.05) is 12.8 Å². The Morgan fingerprint density at radius 2 is 2.33 bits per heavy atom. The molecule has 0 aliphatic rings. The molecular formula is C5H8N4O6. The molecule has 0 aliphatic heterocycles. The summed E-state index contributed by atoms with van der Waals surface area (Å²) in [5.41, 5.74) is 5.19. The van der Waals surface area contributed by atoms with Gasteiger partial charge >= 0.3 is 5.97 Å². The molecule has 1 rings (SSSR count). The normalized spacial score (nSPS) is 8.60. The van der Waals surface area contributed by atoms with E-state index in [9.17, 15) is 4.79 Å². The summed E-state index contributed by atoms with van der Waals surface area (Å²) in [6.45, 7) is 0.0111. The van der Waals surface area contributed by atoms with Gasteiger partial charge in [0, 0.05) is 0 Å². The second kappa shape index (κ2) is 6.12. The Morgan fingerprint density at radius 3 is 2.67 bits per heavy atom. The van der Waals surface area contributed by atoms with Crippen molar-refractivity contribution in [1.29, 1.82) is 0 Å². The lowest BCUT2D eigenvalue weighted by Gasteiger charge is -1.87. The Labute approximate surface area is 82.9 Å². The molecule has 15 heavy (non-hydrogen) atoms. The minimum Gasteiger partial charge on any atom is -0.464 e. The van der Waals surface area contributed by atoms with Crippen molar-refractivity contribution in [2.45, 2.75) is 6.54 Å². The first-order valence-corrected chi connectivity index (χ1v) is 3.46. The Bertz CT molecular complexity index is 332. The molecule has 1 heterocycles. The summed E-state index contributed by atoms with van der Waals surface area (Å²) >= 11 is 0. The van der Waals surface area contributed by atoms with E-state index in [4.69, 9.17) is 21.1 Å². The first kappa shape index (κ1) is 12.6. The number of carbonyl (C=O) groups excluding carboxylic acids is 1. The van der Waals surface area contributed by atoms with Gasteiger partial charge in [-0.25, -0.2) is 4.79 Å². The van der Waals surface area contributed by atoms with Gasteiger partial charge in [0.15, 0.2) is 0 Å². The largest absolute Gasteiger partial charge is 0.464 e. The van der Waals surface area contributed by atoms with Crippen molar-refractivity contribution >= 4 is 11.9 Å². The second-order valence-electron chi connectivity index (χ2n) is 2.10. The van der Waals surface area contributed by atoms with Gasteiger partial charge in [-0.1, -0.05) is 0 Å². The monoisotopic (exact) mass is 220 g/mol. The van der Waals surface area contributed by atoms with Gasteiger partial charge in [-0.3, -0.25) is 4.52 Å². The van der Waals surface area contributed by atoms with E-state index in [1.807, 2.05) is 0 Å². The lowest BCUT2D eigenvalue weighted by molar-refractivity contribution is -0.752. The van der Waals surface area contributed by atoms with Gasteiger partial charge in [0.05, 0.1) is 12.2 Å². The van der Waals surface area contributed by atoms with E-state index < -0.39 is 11.1 Å². The van der Waals surface area contributed by atoms with Gasteiger partial charge in [0.1, 0.15) is 0 Å². The molecule has 0 aliphatic carbocycles. The molecule has 1 aromatic heterocycles. The van der Waals surface area contributed by atoms with Crippen LogP contribution >= 0.6 is 0 Å². The molecular weight excluding hydrogens is 212 g/mol. The molecule has 84 valence electrons. The van der Waals surface area contributed by atoms with Crippen molar-refractivity contribution in [1.82, 2.24) is 5.27 Å². The fourth-order valence-corrected chi connectivity index (χ4v) is 0.565. The number of carbonyl (C=O) groups is 1. The van der Waals surface area contributed by atoms with Crippen molar-refractivity contribution in [2.24, 2.45) is 0 Å². The number of ether oxygens (including phenoxy) is 1. The Hall–Kier alpha value is -2.39. The molecule has 1 aromatic rings. The van der Waals surface area contributed by atoms with E-state index in [1.165, 1.54) is 18.0 Å². The predicted octanol–water partition coefficient (Wildman–Crippen LogP) is -1.52. The third-order valence-corrected chi connectivity index (χ3v) is 1.05. The van der Waals surface area contributed by atoms with Crippen LogP contribution in [0.3, 0.4) is 0 Å². The van der Waals surface area contributed by atoms with E-state index in [2.05, 4.69) is 14.5 Å². The van der Waals surface area contributed by atoms with E-state index in [1.54, 1.807) is 0 Å². The van der Waals surface area contributed by atoms with Crippen LogP contribution < -0.4 is 10.4 Å². The summed E-state index contributed by atoms with van der Waals surface area (Å²) in [5.74, 6) is -0.239. The Kier molecular flexibility index (Phi) is 5.15. The molecule has 0 saturated heterocycles. The van der Waals surface area contributed by atoms with Gasteiger partial charge in [-0.05, 0) is 4.68 Å². The number of nitrogen functional groups attached to an aromatic ring is 1. The van der Waals surface area contributed by atoms with Crippen LogP contribution in [0.5, 0.6) is 0 Å². The first-order valence-electron chi connectivity index (χ1n) is 3.46. The first-order chi connectivity index (χ1) is 6.95. The highest BCUT2D eigenvalue weighted by atomic mass is 16.9. The van der Waals surface area contributed by atoms with Gasteiger partial charge in [0.2, 0.25) is 5.27 Å². The number of nitrogens with two attached hydrogens (primary N) is 1. The Morgan fingerprint density at radius 1 is 1.80 bits per heavy atom. The fraction of sp³-hybridized carbons (Fsp3) is 0.400. The maximum Gasteiger partial charge on any atom is 0.375 e.